The van der Waals surface area contributed by atoms with Gasteiger partial charge in [-0.25, -0.2) is 0 Å². The standard InChI is InChI=1S/C5H5N.C3H5NO.Cr/c1-2-4-6-5-3-1;1-2-5-3-4-1;/h1-5H;3H,1-2H2;. The van der Waals surface area contributed by atoms with Gasteiger partial charge >= 0.3 is 0 Å². The van der Waals surface area contributed by atoms with Gasteiger partial charge < -0.3 is 4.74 Å². The quantitative estimate of drug-likeness (QED) is 0.632. The minimum absolute atomic E-state index is 0. The summed E-state index contributed by atoms with van der Waals surface area (Å²) in [4.78, 5) is 7.52. The Morgan fingerprint density at radius 3 is 2.00 bits per heavy atom. The summed E-state index contributed by atoms with van der Waals surface area (Å²) in [5, 5.41) is 0. The second kappa shape index (κ2) is 8.25. The Kier molecular flexibility index (Phi) is 7.67. The predicted octanol–water partition coefficient (Wildman–Crippen LogP) is 1.12. The molecule has 0 radical (unpaired) electrons. The van der Waals surface area contributed by atoms with Crippen LogP contribution in [-0.4, -0.2) is 24.5 Å². The van der Waals surface area contributed by atoms with E-state index >= 15 is 0 Å². The maximum Gasteiger partial charge on any atom is 0.169 e. The Morgan fingerprint density at radius 1 is 1.08 bits per heavy atom. The van der Waals surface area contributed by atoms with E-state index in [4.69, 9.17) is 0 Å². The molecule has 0 unspecified atom stereocenters. The minimum Gasteiger partial charge on any atom is -0.482 e. The van der Waals surface area contributed by atoms with Crippen molar-refractivity contribution in [2.75, 3.05) is 13.2 Å². The average Bonchev–Trinajstić information content (AvgIpc) is 2.64. The van der Waals surface area contributed by atoms with Crippen LogP contribution in [0.1, 0.15) is 0 Å². The van der Waals surface area contributed by atoms with Crippen molar-refractivity contribution in [2.45, 2.75) is 0 Å². The first kappa shape index (κ1) is 11.2. The Labute approximate surface area is 82.6 Å². The first-order chi connectivity index (χ1) is 5.50. The van der Waals surface area contributed by atoms with E-state index in [1.54, 1.807) is 12.4 Å². The van der Waals surface area contributed by atoms with Crippen LogP contribution in [0.5, 0.6) is 0 Å². The third-order valence-corrected chi connectivity index (χ3v) is 1.05. The smallest absolute Gasteiger partial charge is 0.169 e. The molecular formula is C8H10CrN2O. The number of hydrogen-bond acceptors (Lipinski definition) is 3. The first-order valence-electron chi connectivity index (χ1n) is 3.45. The molecule has 0 amide bonds. The Bertz CT molecular complexity index is 171. The zero-order valence-electron chi connectivity index (χ0n) is 6.59. The molecule has 64 valence electrons. The average molecular weight is 202 g/mol. The van der Waals surface area contributed by atoms with Gasteiger partial charge in [0.15, 0.2) is 6.40 Å². The molecule has 0 saturated carbocycles. The van der Waals surface area contributed by atoms with E-state index in [-0.39, 0.29) is 17.4 Å². The minimum atomic E-state index is 0. The molecule has 0 spiro atoms. The van der Waals surface area contributed by atoms with Gasteiger partial charge in [0.25, 0.3) is 0 Å². The molecule has 0 fully saturated rings. The predicted molar refractivity (Wildman–Crippen MR) is 43.5 cm³/mol. The summed E-state index contributed by atoms with van der Waals surface area (Å²) in [7, 11) is 0. The van der Waals surface area contributed by atoms with Crippen molar-refractivity contribution in [2.24, 2.45) is 4.99 Å². The topological polar surface area (TPSA) is 34.5 Å². The van der Waals surface area contributed by atoms with Gasteiger partial charge in [-0.15, -0.1) is 0 Å². The zero-order chi connectivity index (χ0) is 7.78. The van der Waals surface area contributed by atoms with E-state index in [9.17, 15) is 0 Å². The fourth-order valence-electron chi connectivity index (χ4n) is 0.576. The molecule has 12 heavy (non-hydrogen) atoms. The van der Waals surface area contributed by atoms with E-state index < -0.39 is 0 Å². The molecule has 1 aromatic rings. The molecule has 2 heterocycles. The molecule has 0 saturated heterocycles. The van der Waals surface area contributed by atoms with E-state index in [1.807, 2.05) is 18.2 Å². The number of nitrogens with zero attached hydrogens (tertiary/aromatic N) is 2. The van der Waals surface area contributed by atoms with E-state index in [2.05, 4.69) is 14.7 Å². The largest absolute Gasteiger partial charge is 0.482 e. The van der Waals surface area contributed by atoms with Gasteiger partial charge in [-0.05, 0) is 12.1 Å². The van der Waals surface area contributed by atoms with Crippen LogP contribution in [0.15, 0.2) is 35.6 Å². The van der Waals surface area contributed by atoms with Gasteiger partial charge in [0.2, 0.25) is 0 Å². The second-order valence-corrected chi connectivity index (χ2v) is 1.91. The van der Waals surface area contributed by atoms with E-state index in [1.165, 1.54) is 6.40 Å². The third-order valence-electron chi connectivity index (χ3n) is 1.05. The fraction of sp³-hybridized carbons (Fsp3) is 0.250. The molecule has 0 N–H and O–H groups in total. The fourth-order valence-corrected chi connectivity index (χ4v) is 0.576. The van der Waals surface area contributed by atoms with E-state index in [0.717, 1.165) is 13.2 Å². The molecule has 4 heteroatoms. The number of ether oxygens (including phenoxy) is 1. The summed E-state index contributed by atoms with van der Waals surface area (Å²) < 4.78 is 4.65. The number of pyridine rings is 1. The maximum atomic E-state index is 4.65. The molecular weight excluding hydrogens is 192 g/mol. The zero-order valence-corrected chi connectivity index (χ0v) is 7.86. The molecule has 2 rings (SSSR count). The van der Waals surface area contributed by atoms with Gasteiger partial charge in [-0.2, -0.15) is 0 Å². The van der Waals surface area contributed by atoms with E-state index in [0.29, 0.717) is 0 Å². The molecule has 0 aliphatic carbocycles. The van der Waals surface area contributed by atoms with Crippen LogP contribution in [0, 0.1) is 0 Å². The third kappa shape index (κ3) is 5.90. The van der Waals surface area contributed by atoms with Crippen LogP contribution >= 0.6 is 0 Å². The van der Waals surface area contributed by atoms with Gasteiger partial charge in [0.1, 0.15) is 6.61 Å². The van der Waals surface area contributed by atoms with Crippen LogP contribution in [0.25, 0.3) is 0 Å². The van der Waals surface area contributed by atoms with Gasteiger partial charge in [0.05, 0.1) is 6.54 Å². The first-order valence-corrected chi connectivity index (χ1v) is 3.45. The summed E-state index contributed by atoms with van der Waals surface area (Å²) in [5.41, 5.74) is 0. The molecule has 3 nitrogen and oxygen atoms in total. The van der Waals surface area contributed by atoms with Gasteiger partial charge in [-0.1, -0.05) is 6.07 Å². The SMILES string of the molecule is C1=NCCO1.[Cr].c1ccncc1. The maximum absolute atomic E-state index is 4.65. The van der Waals surface area contributed by atoms with Crippen LogP contribution in [0.2, 0.25) is 0 Å². The molecule has 1 aliphatic rings. The molecule has 0 bridgehead atoms. The molecule has 1 aromatic heterocycles. The summed E-state index contributed by atoms with van der Waals surface area (Å²) >= 11 is 0. The van der Waals surface area contributed by atoms with Crippen molar-refractivity contribution >= 4 is 6.40 Å². The van der Waals surface area contributed by atoms with Crippen LogP contribution in [-0.2, 0) is 22.1 Å². The van der Waals surface area contributed by atoms with Crippen molar-refractivity contribution in [3.8, 4) is 0 Å². The van der Waals surface area contributed by atoms with Crippen molar-refractivity contribution in [1.82, 2.24) is 4.98 Å². The number of rotatable bonds is 0. The van der Waals surface area contributed by atoms with Gasteiger partial charge in [-0.3, -0.25) is 9.98 Å². The number of hydrogen-bond donors (Lipinski definition) is 0. The normalized spacial score (nSPS) is 12.0. The van der Waals surface area contributed by atoms with Crippen LogP contribution in [0.4, 0.5) is 0 Å². The number of aliphatic imine (C=N–C) groups is 1. The summed E-state index contributed by atoms with van der Waals surface area (Å²) in [6.07, 6.45) is 4.99. The Balaban J connectivity index is 0.000000189. The van der Waals surface area contributed by atoms with Gasteiger partial charge in [0, 0.05) is 29.8 Å². The Morgan fingerprint density at radius 2 is 1.83 bits per heavy atom. The van der Waals surface area contributed by atoms with Crippen LogP contribution < -0.4 is 0 Å². The van der Waals surface area contributed by atoms with Crippen molar-refractivity contribution < 1.29 is 22.1 Å². The molecule has 1 aliphatic heterocycles. The second-order valence-electron chi connectivity index (χ2n) is 1.91. The molecule has 0 aromatic carbocycles. The summed E-state index contributed by atoms with van der Waals surface area (Å²) in [5.74, 6) is 0. The van der Waals surface area contributed by atoms with Crippen molar-refractivity contribution in [3.63, 3.8) is 0 Å². The summed E-state index contributed by atoms with van der Waals surface area (Å²) in [6, 6.07) is 5.72. The van der Waals surface area contributed by atoms with Crippen molar-refractivity contribution in [1.29, 1.82) is 0 Å². The Hall–Kier alpha value is -0.848. The van der Waals surface area contributed by atoms with Crippen LogP contribution in [0.3, 0.4) is 0 Å². The monoisotopic (exact) mass is 202 g/mol. The summed E-state index contributed by atoms with van der Waals surface area (Å²) in [6.45, 7) is 1.62. The number of aromatic nitrogens is 1. The van der Waals surface area contributed by atoms with Crippen molar-refractivity contribution in [3.05, 3.63) is 30.6 Å². The molecule has 0 atom stereocenters.